The number of carbonyl (C=O) groups is 1. The van der Waals surface area contributed by atoms with Crippen molar-refractivity contribution in [2.24, 2.45) is 0 Å². The van der Waals surface area contributed by atoms with Gasteiger partial charge in [-0.25, -0.2) is 4.79 Å². The first-order chi connectivity index (χ1) is 7.99. The summed E-state index contributed by atoms with van der Waals surface area (Å²) in [5, 5.41) is 8.79. The maximum absolute atomic E-state index is 12.1. The van der Waals surface area contributed by atoms with Gasteiger partial charge in [0.2, 0.25) is 0 Å². The maximum atomic E-state index is 12.1. The zero-order valence-electron chi connectivity index (χ0n) is 8.54. The van der Waals surface area contributed by atoms with Crippen molar-refractivity contribution in [1.29, 1.82) is 5.26 Å². The fraction of sp³-hybridized carbons (Fsp3) is 0.200. The smallest absolute Gasteiger partial charge is 0.387 e. The second-order valence-electron chi connectivity index (χ2n) is 2.81. The van der Waals surface area contributed by atoms with E-state index >= 15 is 0 Å². The molecule has 0 aliphatic carbocycles. The minimum Gasteiger partial charge on any atom is -0.465 e. The van der Waals surface area contributed by atoms with Crippen LogP contribution in [0.5, 0.6) is 5.75 Å². The van der Waals surface area contributed by atoms with Gasteiger partial charge in [0, 0.05) is 5.02 Å². The summed E-state index contributed by atoms with van der Waals surface area (Å²) < 4.78 is 32.8. The van der Waals surface area contributed by atoms with E-state index in [1.165, 1.54) is 0 Å². The van der Waals surface area contributed by atoms with Gasteiger partial charge in [-0.05, 0) is 12.1 Å². The summed E-state index contributed by atoms with van der Waals surface area (Å²) in [6.45, 7) is -3.14. The molecule has 7 heteroatoms. The highest BCUT2D eigenvalue weighted by atomic mass is 35.5. The van der Waals surface area contributed by atoms with Crippen molar-refractivity contribution in [3.8, 4) is 11.8 Å². The number of methoxy groups -OCH3 is 1. The highest BCUT2D eigenvalue weighted by Gasteiger charge is 2.21. The zero-order chi connectivity index (χ0) is 13.0. The van der Waals surface area contributed by atoms with E-state index in [2.05, 4.69) is 9.47 Å². The molecule has 0 spiro atoms. The van der Waals surface area contributed by atoms with Crippen LogP contribution >= 0.6 is 11.6 Å². The van der Waals surface area contributed by atoms with Crippen molar-refractivity contribution < 1.29 is 23.0 Å². The molecule has 0 N–H and O–H groups in total. The number of alkyl halides is 2. The van der Waals surface area contributed by atoms with E-state index in [1.807, 2.05) is 0 Å². The predicted octanol–water partition coefficient (Wildman–Crippen LogP) is 2.60. The predicted molar refractivity (Wildman–Crippen MR) is 54.1 cm³/mol. The van der Waals surface area contributed by atoms with E-state index in [1.54, 1.807) is 6.07 Å². The van der Waals surface area contributed by atoms with Crippen molar-refractivity contribution in [2.75, 3.05) is 7.11 Å². The third-order valence-corrected chi connectivity index (χ3v) is 2.01. The largest absolute Gasteiger partial charge is 0.465 e. The van der Waals surface area contributed by atoms with Crippen molar-refractivity contribution in [3.05, 3.63) is 28.3 Å². The molecule has 1 aromatic rings. The van der Waals surface area contributed by atoms with E-state index in [4.69, 9.17) is 16.9 Å². The Labute approximate surface area is 100 Å². The van der Waals surface area contributed by atoms with Crippen LogP contribution in [0.25, 0.3) is 0 Å². The third-order valence-electron chi connectivity index (χ3n) is 1.79. The average Bonchev–Trinajstić information content (AvgIpc) is 2.26. The van der Waals surface area contributed by atoms with Gasteiger partial charge in [0.15, 0.2) is 0 Å². The molecule has 90 valence electrons. The van der Waals surface area contributed by atoms with E-state index in [-0.39, 0.29) is 16.1 Å². The first kappa shape index (κ1) is 13.2. The average molecular weight is 262 g/mol. The molecular weight excluding hydrogens is 256 g/mol. The molecular formula is C10H6ClF2NO3. The lowest BCUT2D eigenvalue weighted by Gasteiger charge is -2.10. The number of halogens is 3. The fourth-order valence-corrected chi connectivity index (χ4v) is 1.38. The van der Waals surface area contributed by atoms with Crippen molar-refractivity contribution in [3.63, 3.8) is 0 Å². The molecule has 0 atom stereocenters. The molecule has 4 nitrogen and oxygen atoms in total. The summed E-state index contributed by atoms with van der Waals surface area (Å²) in [5.41, 5.74) is -0.570. The molecule has 0 aromatic heterocycles. The van der Waals surface area contributed by atoms with Crippen molar-refractivity contribution >= 4 is 17.6 Å². The normalized spacial score (nSPS) is 9.88. The highest BCUT2D eigenvalue weighted by molar-refractivity contribution is 6.31. The fourth-order valence-electron chi connectivity index (χ4n) is 1.17. The van der Waals surface area contributed by atoms with Crippen LogP contribution in [-0.4, -0.2) is 19.7 Å². The van der Waals surface area contributed by atoms with Gasteiger partial charge in [0.1, 0.15) is 17.4 Å². The highest BCUT2D eigenvalue weighted by Crippen LogP contribution is 2.29. The quantitative estimate of drug-likeness (QED) is 0.785. The Morgan fingerprint density at radius 1 is 1.53 bits per heavy atom. The lowest BCUT2D eigenvalue weighted by Crippen LogP contribution is -2.11. The lowest BCUT2D eigenvalue weighted by atomic mass is 10.1. The number of nitriles is 1. The lowest BCUT2D eigenvalue weighted by molar-refractivity contribution is -0.0504. The van der Waals surface area contributed by atoms with Crippen LogP contribution in [0.3, 0.4) is 0 Å². The summed E-state index contributed by atoms with van der Waals surface area (Å²) in [5.74, 6) is -1.44. The second kappa shape index (κ2) is 5.46. The van der Waals surface area contributed by atoms with Gasteiger partial charge in [-0.15, -0.1) is 0 Å². The zero-order valence-corrected chi connectivity index (χ0v) is 9.29. The van der Waals surface area contributed by atoms with Crippen molar-refractivity contribution in [1.82, 2.24) is 0 Å². The van der Waals surface area contributed by atoms with Gasteiger partial charge in [-0.3, -0.25) is 0 Å². The number of ether oxygens (including phenoxy) is 2. The molecule has 0 aliphatic rings. The van der Waals surface area contributed by atoms with Crippen LogP contribution in [0, 0.1) is 11.3 Å². The van der Waals surface area contributed by atoms with Gasteiger partial charge >= 0.3 is 12.6 Å². The Bertz CT molecular complexity index is 485. The third kappa shape index (κ3) is 3.04. The molecule has 1 aromatic carbocycles. The summed E-state index contributed by atoms with van der Waals surface area (Å²) >= 11 is 5.60. The van der Waals surface area contributed by atoms with Gasteiger partial charge in [-0.2, -0.15) is 14.0 Å². The number of esters is 1. The number of rotatable bonds is 3. The van der Waals surface area contributed by atoms with Crippen LogP contribution in [0.1, 0.15) is 15.9 Å². The Balaban J connectivity index is 3.39. The van der Waals surface area contributed by atoms with Crippen LogP contribution < -0.4 is 4.74 Å². The minimum atomic E-state index is -3.14. The monoisotopic (exact) mass is 261 g/mol. The number of hydrogen-bond donors (Lipinski definition) is 0. The Morgan fingerprint density at radius 3 is 2.65 bits per heavy atom. The molecule has 0 radical (unpaired) electrons. The Hall–Kier alpha value is -1.87. The number of nitrogens with zero attached hydrogens (tertiary/aromatic N) is 1. The van der Waals surface area contributed by atoms with E-state index in [9.17, 15) is 13.6 Å². The minimum absolute atomic E-state index is 0.00449. The van der Waals surface area contributed by atoms with Gasteiger partial charge < -0.3 is 9.47 Å². The standard InChI is InChI=1S/C10H6ClF2NO3/c1-16-9(15)8-5(4-14)2-6(11)3-7(8)17-10(12)13/h2-3,10H,1H3. The van der Waals surface area contributed by atoms with Gasteiger partial charge in [0.05, 0.1) is 12.7 Å². The molecule has 17 heavy (non-hydrogen) atoms. The molecule has 0 aliphatic heterocycles. The summed E-state index contributed by atoms with van der Waals surface area (Å²) in [6.07, 6.45) is 0. The molecule has 0 saturated carbocycles. The van der Waals surface area contributed by atoms with Crippen molar-refractivity contribution in [2.45, 2.75) is 6.61 Å². The molecule has 0 amide bonds. The number of carbonyl (C=O) groups excluding carboxylic acids is 1. The Kier molecular flexibility index (Phi) is 4.24. The van der Waals surface area contributed by atoms with Crippen LogP contribution in [0.4, 0.5) is 8.78 Å². The molecule has 0 saturated heterocycles. The van der Waals surface area contributed by atoms with E-state index < -0.39 is 18.3 Å². The van der Waals surface area contributed by atoms with E-state index in [0.29, 0.717) is 0 Å². The van der Waals surface area contributed by atoms with Gasteiger partial charge in [-0.1, -0.05) is 11.6 Å². The molecule has 0 unspecified atom stereocenters. The summed E-state index contributed by atoms with van der Waals surface area (Å²) in [6, 6.07) is 3.83. The molecule has 0 bridgehead atoms. The molecule has 1 rings (SSSR count). The van der Waals surface area contributed by atoms with Gasteiger partial charge in [0.25, 0.3) is 0 Å². The number of benzene rings is 1. The van der Waals surface area contributed by atoms with E-state index in [0.717, 1.165) is 19.2 Å². The first-order valence-corrected chi connectivity index (χ1v) is 4.64. The topological polar surface area (TPSA) is 59.3 Å². The summed E-state index contributed by atoms with van der Waals surface area (Å²) in [7, 11) is 1.06. The Morgan fingerprint density at radius 2 is 2.18 bits per heavy atom. The number of hydrogen-bond acceptors (Lipinski definition) is 4. The maximum Gasteiger partial charge on any atom is 0.387 e. The first-order valence-electron chi connectivity index (χ1n) is 4.26. The van der Waals surface area contributed by atoms with Crippen LogP contribution in [0.2, 0.25) is 5.02 Å². The van der Waals surface area contributed by atoms with Crippen LogP contribution in [-0.2, 0) is 4.74 Å². The summed E-state index contributed by atoms with van der Waals surface area (Å²) in [4.78, 5) is 11.4. The second-order valence-corrected chi connectivity index (χ2v) is 3.24. The molecule has 0 heterocycles. The van der Waals surface area contributed by atoms with Crippen LogP contribution in [0.15, 0.2) is 12.1 Å². The SMILES string of the molecule is COC(=O)c1c(C#N)cc(Cl)cc1OC(F)F. The molecule has 0 fully saturated rings.